The lowest BCUT2D eigenvalue weighted by molar-refractivity contribution is -0.142. The van der Waals surface area contributed by atoms with Crippen LogP contribution in [0.25, 0.3) is 0 Å². The van der Waals surface area contributed by atoms with E-state index in [1.807, 2.05) is 18.2 Å². The average Bonchev–Trinajstić information content (AvgIpc) is 2.85. The van der Waals surface area contributed by atoms with E-state index in [2.05, 4.69) is 27.2 Å². The first-order valence-electron chi connectivity index (χ1n) is 5.71. The van der Waals surface area contributed by atoms with E-state index in [1.165, 1.54) is 12.7 Å². The number of nitrogens with one attached hydrogen (secondary N) is 1. The Morgan fingerprint density at radius 3 is 2.88 bits per heavy atom. The molecule has 2 rings (SSSR count). The molecule has 0 amide bonds. The molecule has 1 atom stereocenters. The Bertz CT molecular complexity index is 415. The second-order valence-corrected chi connectivity index (χ2v) is 3.99. The van der Waals surface area contributed by atoms with Crippen LogP contribution >= 0.6 is 0 Å². The van der Waals surface area contributed by atoms with Gasteiger partial charge in [0.1, 0.15) is 6.04 Å². The molecule has 0 aliphatic carbocycles. The van der Waals surface area contributed by atoms with Crippen molar-refractivity contribution < 1.29 is 9.53 Å². The lowest BCUT2D eigenvalue weighted by Gasteiger charge is -2.09. The Morgan fingerprint density at radius 1 is 1.41 bits per heavy atom. The van der Waals surface area contributed by atoms with Gasteiger partial charge in [0.2, 0.25) is 0 Å². The number of ether oxygens (including phenoxy) is 1. The Hall–Kier alpha value is -1.84. The normalized spacial score (nSPS) is 18.4. The van der Waals surface area contributed by atoms with Gasteiger partial charge in [-0.1, -0.05) is 30.3 Å². The summed E-state index contributed by atoms with van der Waals surface area (Å²) in [5.41, 5.74) is 1.28. The maximum atomic E-state index is 11.3. The largest absolute Gasteiger partial charge is 0.467 e. The van der Waals surface area contributed by atoms with E-state index >= 15 is 0 Å². The minimum atomic E-state index is -0.300. The third-order valence-electron chi connectivity index (χ3n) is 2.78. The molecular formula is C13H16N2O2. The SMILES string of the molecule is COC(=O)C1CN=C(CCc2ccccc2)N1. The number of amidine groups is 1. The Morgan fingerprint density at radius 2 is 2.18 bits per heavy atom. The third kappa shape index (κ3) is 3.06. The monoisotopic (exact) mass is 232 g/mol. The molecule has 0 fully saturated rings. The minimum Gasteiger partial charge on any atom is -0.467 e. The first-order valence-corrected chi connectivity index (χ1v) is 5.71. The molecule has 17 heavy (non-hydrogen) atoms. The number of nitrogens with zero attached hydrogens (tertiary/aromatic N) is 1. The smallest absolute Gasteiger partial charge is 0.330 e. The van der Waals surface area contributed by atoms with Crippen molar-refractivity contribution >= 4 is 11.8 Å². The topological polar surface area (TPSA) is 50.7 Å². The van der Waals surface area contributed by atoms with Crippen LogP contribution in [0.2, 0.25) is 0 Å². The van der Waals surface area contributed by atoms with Gasteiger partial charge < -0.3 is 10.1 Å². The zero-order valence-electron chi connectivity index (χ0n) is 9.85. The molecule has 0 bridgehead atoms. The van der Waals surface area contributed by atoms with Crippen LogP contribution in [0, 0.1) is 0 Å². The van der Waals surface area contributed by atoms with Gasteiger partial charge in [-0.2, -0.15) is 0 Å². The van der Waals surface area contributed by atoms with Gasteiger partial charge in [-0.3, -0.25) is 4.99 Å². The van der Waals surface area contributed by atoms with Crippen LogP contribution < -0.4 is 5.32 Å². The molecule has 1 N–H and O–H groups in total. The van der Waals surface area contributed by atoms with E-state index in [4.69, 9.17) is 0 Å². The predicted octanol–water partition coefficient (Wildman–Crippen LogP) is 1.16. The summed E-state index contributed by atoms with van der Waals surface area (Å²) in [6.45, 7) is 0.483. The third-order valence-corrected chi connectivity index (χ3v) is 2.78. The van der Waals surface area contributed by atoms with Gasteiger partial charge >= 0.3 is 5.97 Å². The number of aryl methyl sites for hydroxylation is 1. The number of esters is 1. The number of carbonyl (C=O) groups is 1. The second-order valence-electron chi connectivity index (χ2n) is 3.99. The molecule has 4 heteroatoms. The highest BCUT2D eigenvalue weighted by molar-refractivity contribution is 5.90. The summed E-state index contributed by atoms with van der Waals surface area (Å²) in [5.74, 6) is 0.646. The van der Waals surface area contributed by atoms with Gasteiger partial charge in [0.25, 0.3) is 0 Å². The number of hydrogen-bond acceptors (Lipinski definition) is 4. The zero-order chi connectivity index (χ0) is 12.1. The molecule has 0 spiro atoms. The highest BCUT2D eigenvalue weighted by atomic mass is 16.5. The summed E-state index contributed by atoms with van der Waals surface area (Å²) >= 11 is 0. The van der Waals surface area contributed by atoms with Crippen molar-refractivity contribution in [2.75, 3.05) is 13.7 Å². The van der Waals surface area contributed by atoms with Gasteiger partial charge in [-0.15, -0.1) is 0 Å². The van der Waals surface area contributed by atoms with E-state index in [0.717, 1.165) is 18.7 Å². The fourth-order valence-corrected chi connectivity index (χ4v) is 1.83. The summed E-state index contributed by atoms with van der Waals surface area (Å²) < 4.78 is 4.67. The van der Waals surface area contributed by atoms with Crippen LogP contribution in [0.1, 0.15) is 12.0 Å². The zero-order valence-corrected chi connectivity index (χ0v) is 9.85. The van der Waals surface area contributed by atoms with Crippen molar-refractivity contribution in [1.29, 1.82) is 0 Å². The van der Waals surface area contributed by atoms with Crippen LogP contribution in [-0.2, 0) is 16.0 Å². The minimum absolute atomic E-state index is 0.247. The van der Waals surface area contributed by atoms with Gasteiger partial charge in [0.15, 0.2) is 0 Å². The van der Waals surface area contributed by atoms with Gasteiger partial charge in [0, 0.05) is 6.42 Å². The Labute approximate surface area is 101 Å². The van der Waals surface area contributed by atoms with Crippen molar-refractivity contribution in [2.45, 2.75) is 18.9 Å². The fourth-order valence-electron chi connectivity index (χ4n) is 1.83. The maximum Gasteiger partial charge on any atom is 0.330 e. The molecule has 1 aliphatic rings. The number of rotatable bonds is 4. The number of benzene rings is 1. The quantitative estimate of drug-likeness (QED) is 0.793. The lowest BCUT2D eigenvalue weighted by atomic mass is 10.1. The highest BCUT2D eigenvalue weighted by Gasteiger charge is 2.24. The number of carbonyl (C=O) groups excluding carboxylic acids is 1. The molecule has 0 aromatic heterocycles. The molecule has 1 aromatic carbocycles. The van der Waals surface area contributed by atoms with Crippen LogP contribution in [0.4, 0.5) is 0 Å². The fraction of sp³-hybridized carbons (Fsp3) is 0.385. The molecular weight excluding hydrogens is 216 g/mol. The first kappa shape index (κ1) is 11.6. The number of hydrogen-bond donors (Lipinski definition) is 1. The van der Waals surface area contributed by atoms with E-state index in [-0.39, 0.29) is 12.0 Å². The predicted molar refractivity (Wildman–Crippen MR) is 66.0 cm³/mol. The standard InChI is InChI=1S/C13H16N2O2/c1-17-13(16)11-9-14-12(15-11)8-7-10-5-3-2-4-6-10/h2-6,11H,7-9H2,1H3,(H,14,15). The van der Waals surface area contributed by atoms with E-state index in [0.29, 0.717) is 6.54 Å². The number of aliphatic imine (C=N–C) groups is 1. The molecule has 1 aromatic rings. The van der Waals surface area contributed by atoms with E-state index in [9.17, 15) is 4.79 Å². The van der Waals surface area contributed by atoms with Crippen molar-refractivity contribution in [2.24, 2.45) is 4.99 Å². The molecule has 4 nitrogen and oxygen atoms in total. The Balaban J connectivity index is 1.80. The molecule has 90 valence electrons. The van der Waals surface area contributed by atoms with Crippen LogP contribution in [0.15, 0.2) is 35.3 Å². The highest BCUT2D eigenvalue weighted by Crippen LogP contribution is 2.06. The van der Waals surface area contributed by atoms with E-state index in [1.54, 1.807) is 0 Å². The van der Waals surface area contributed by atoms with Crippen molar-refractivity contribution in [3.8, 4) is 0 Å². The summed E-state index contributed by atoms with van der Waals surface area (Å²) in [6.07, 6.45) is 1.76. The van der Waals surface area contributed by atoms with Crippen LogP contribution in [0.3, 0.4) is 0 Å². The molecule has 1 unspecified atom stereocenters. The van der Waals surface area contributed by atoms with Gasteiger partial charge in [-0.05, 0) is 12.0 Å². The molecule has 0 radical (unpaired) electrons. The average molecular weight is 232 g/mol. The van der Waals surface area contributed by atoms with Crippen molar-refractivity contribution in [3.63, 3.8) is 0 Å². The maximum absolute atomic E-state index is 11.3. The molecule has 0 saturated heterocycles. The van der Waals surface area contributed by atoms with E-state index < -0.39 is 0 Å². The van der Waals surface area contributed by atoms with Crippen LogP contribution in [-0.4, -0.2) is 31.5 Å². The van der Waals surface area contributed by atoms with Crippen molar-refractivity contribution in [1.82, 2.24) is 5.32 Å². The van der Waals surface area contributed by atoms with Gasteiger partial charge in [0.05, 0.1) is 19.5 Å². The number of methoxy groups -OCH3 is 1. The Kier molecular flexibility index (Phi) is 3.75. The van der Waals surface area contributed by atoms with Gasteiger partial charge in [-0.25, -0.2) is 4.79 Å². The summed E-state index contributed by atoms with van der Waals surface area (Å²) in [7, 11) is 1.39. The summed E-state index contributed by atoms with van der Waals surface area (Å²) in [4.78, 5) is 15.6. The summed E-state index contributed by atoms with van der Waals surface area (Å²) in [5, 5.41) is 3.09. The first-order chi connectivity index (χ1) is 8.29. The molecule has 1 aliphatic heterocycles. The van der Waals surface area contributed by atoms with Crippen molar-refractivity contribution in [3.05, 3.63) is 35.9 Å². The molecule has 1 heterocycles. The van der Waals surface area contributed by atoms with Crippen LogP contribution in [0.5, 0.6) is 0 Å². The molecule has 0 saturated carbocycles. The summed E-state index contributed by atoms with van der Waals surface area (Å²) in [6, 6.07) is 9.93. The lowest BCUT2D eigenvalue weighted by Crippen LogP contribution is -2.38. The second kappa shape index (κ2) is 5.48.